The average molecular weight is 353 g/mol. The van der Waals surface area contributed by atoms with Crippen molar-refractivity contribution in [1.82, 2.24) is 9.55 Å². The molecular formula is C18H15N3OS2. The van der Waals surface area contributed by atoms with Gasteiger partial charge >= 0.3 is 0 Å². The Morgan fingerprint density at radius 3 is 2.83 bits per heavy atom. The van der Waals surface area contributed by atoms with Gasteiger partial charge in [0.2, 0.25) is 0 Å². The van der Waals surface area contributed by atoms with Crippen LogP contribution in [-0.4, -0.2) is 15.5 Å². The van der Waals surface area contributed by atoms with Gasteiger partial charge in [-0.3, -0.25) is 10.1 Å². The van der Waals surface area contributed by atoms with Gasteiger partial charge in [0.05, 0.1) is 16.1 Å². The molecule has 1 amide bonds. The van der Waals surface area contributed by atoms with Crippen LogP contribution in [0.15, 0.2) is 48.0 Å². The first-order valence-corrected chi connectivity index (χ1v) is 9.19. The normalized spacial score (nSPS) is 11.1. The van der Waals surface area contributed by atoms with Gasteiger partial charge in [-0.15, -0.1) is 22.7 Å². The van der Waals surface area contributed by atoms with Gasteiger partial charge < -0.3 is 4.57 Å². The van der Waals surface area contributed by atoms with Crippen molar-refractivity contribution in [3.63, 3.8) is 0 Å². The highest BCUT2D eigenvalue weighted by atomic mass is 32.1. The van der Waals surface area contributed by atoms with Gasteiger partial charge in [0.15, 0.2) is 5.13 Å². The number of benzene rings is 1. The van der Waals surface area contributed by atoms with Crippen molar-refractivity contribution in [2.75, 3.05) is 5.32 Å². The van der Waals surface area contributed by atoms with Crippen LogP contribution >= 0.6 is 22.7 Å². The molecule has 0 unspecified atom stereocenters. The molecule has 0 aliphatic rings. The molecule has 120 valence electrons. The third kappa shape index (κ3) is 2.64. The number of nitrogens with zero attached hydrogens (tertiary/aromatic N) is 2. The lowest BCUT2D eigenvalue weighted by molar-refractivity contribution is 0.102. The number of thiophene rings is 1. The van der Waals surface area contributed by atoms with Crippen LogP contribution in [0.2, 0.25) is 0 Å². The molecule has 0 fully saturated rings. The highest BCUT2D eigenvalue weighted by Gasteiger charge is 2.15. The molecule has 3 heterocycles. The lowest BCUT2D eigenvalue weighted by Gasteiger charge is -1.99. The Balaban J connectivity index is 1.61. The molecule has 0 saturated carbocycles. The first kappa shape index (κ1) is 15.1. The topological polar surface area (TPSA) is 46.9 Å². The van der Waals surface area contributed by atoms with Crippen molar-refractivity contribution in [1.29, 1.82) is 0 Å². The van der Waals surface area contributed by atoms with Crippen LogP contribution in [0.3, 0.4) is 0 Å². The zero-order valence-electron chi connectivity index (χ0n) is 13.2. The molecule has 0 aliphatic heterocycles. The molecule has 1 aromatic carbocycles. The smallest absolute Gasteiger partial charge is 0.259 e. The molecule has 6 heteroatoms. The monoisotopic (exact) mass is 353 g/mol. The molecule has 0 saturated heterocycles. The fourth-order valence-corrected chi connectivity index (χ4v) is 4.31. The Kier molecular flexibility index (Phi) is 3.70. The van der Waals surface area contributed by atoms with Crippen molar-refractivity contribution in [3.05, 3.63) is 58.4 Å². The number of carbonyl (C=O) groups excluding carboxylic acids is 1. The number of aryl methyl sites for hydroxylation is 2. The number of thiazole rings is 1. The lowest BCUT2D eigenvalue weighted by Crippen LogP contribution is -2.11. The largest absolute Gasteiger partial charge is 0.350 e. The number of carbonyl (C=O) groups is 1. The minimum Gasteiger partial charge on any atom is -0.350 e. The van der Waals surface area contributed by atoms with E-state index in [2.05, 4.69) is 29.4 Å². The molecule has 3 aromatic heterocycles. The third-order valence-corrected chi connectivity index (χ3v) is 5.64. The van der Waals surface area contributed by atoms with E-state index in [0.717, 1.165) is 21.5 Å². The summed E-state index contributed by atoms with van der Waals surface area (Å²) in [4.78, 5) is 19.5. The second-order valence-electron chi connectivity index (χ2n) is 5.57. The zero-order chi connectivity index (χ0) is 16.7. The molecule has 0 radical (unpaired) electrons. The maximum Gasteiger partial charge on any atom is 0.259 e. The highest BCUT2D eigenvalue weighted by molar-refractivity contribution is 7.17. The predicted molar refractivity (Wildman–Crippen MR) is 101 cm³/mol. The summed E-state index contributed by atoms with van der Waals surface area (Å²) >= 11 is 3.15. The van der Waals surface area contributed by atoms with Crippen LogP contribution in [0.5, 0.6) is 0 Å². The first-order chi connectivity index (χ1) is 11.6. The number of hydrogen-bond donors (Lipinski definition) is 1. The van der Waals surface area contributed by atoms with E-state index >= 15 is 0 Å². The van der Waals surface area contributed by atoms with Crippen LogP contribution in [0.25, 0.3) is 21.5 Å². The van der Waals surface area contributed by atoms with E-state index in [4.69, 9.17) is 0 Å². The van der Waals surface area contributed by atoms with E-state index in [1.165, 1.54) is 16.2 Å². The summed E-state index contributed by atoms with van der Waals surface area (Å²) in [6.07, 6.45) is 1.86. The number of amides is 1. The molecule has 4 aromatic rings. The predicted octanol–water partition coefficient (Wildman–Crippen LogP) is 4.92. The molecule has 4 rings (SSSR count). The van der Waals surface area contributed by atoms with Crippen molar-refractivity contribution in [2.24, 2.45) is 7.05 Å². The SMILES string of the molecule is Cc1ccc(-c2csc(NC(=O)c3cn(C)c4ccccc34)n2)s1. The minimum atomic E-state index is -0.130. The fourth-order valence-electron chi connectivity index (χ4n) is 2.70. The van der Waals surface area contributed by atoms with Crippen molar-refractivity contribution >= 4 is 44.6 Å². The number of fused-ring (bicyclic) bond motifs is 1. The lowest BCUT2D eigenvalue weighted by atomic mass is 10.1. The molecule has 0 atom stereocenters. The summed E-state index contributed by atoms with van der Waals surface area (Å²) in [6, 6.07) is 12.0. The quantitative estimate of drug-likeness (QED) is 0.568. The molecule has 0 bridgehead atoms. The maximum atomic E-state index is 12.6. The number of rotatable bonds is 3. The van der Waals surface area contributed by atoms with E-state index < -0.39 is 0 Å². The zero-order valence-corrected chi connectivity index (χ0v) is 14.9. The second-order valence-corrected chi connectivity index (χ2v) is 7.72. The van der Waals surface area contributed by atoms with E-state index in [0.29, 0.717) is 10.7 Å². The van der Waals surface area contributed by atoms with E-state index in [1.807, 2.05) is 47.5 Å². The molecule has 0 spiro atoms. The maximum absolute atomic E-state index is 12.6. The van der Waals surface area contributed by atoms with Crippen molar-refractivity contribution < 1.29 is 4.79 Å². The van der Waals surface area contributed by atoms with Crippen molar-refractivity contribution in [3.8, 4) is 10.6 Å². The van der Waals surface area contributed by atoms with Crippen LogP contribution < -0.4 is 5.32 Å². The standard InChI is InChI=1S/C18H15N3OS2/c1-11-7-8-16(24-11)14-10-23-18(19-14)20-17(22)13-9-21(2)15-6-4-3-5-12(13)15/h3-10H,1-2H3,(H,19,20,22). The Labute approximate surface area is 147 Å². The Bertz CT molecular complexity index is 1040. The Morgan fingerprint density at radius 2 is 2.04 bits per heavy atom. The van der Waals surface area contributed by atoms with E-state index in [9.17, 15) is 4.79 Å². The molecule has 0 aliphatic carbocycles. The molecule has 4 nitrogen and oxygen atoms in total. The summed E-state index contributed by atoms with van der Waals surface area (Å²) < 4.78 is 1.96. The summed E-state index contributed by atoms with van der Waals surface area (Å²) in [5.41, 5.74) is 2.61. The number of para-hydroxylation sites is 1. The van der Waals surface area contributed by atoms with Crippen molar-refractivity contribution in [2.45, 2.75) is 6.92 Å². The van der Waals surface area contributed by atoms with Gasteiger partial charge in [0, 0.05) is 34.4 Å². The van der Waals surface area contributed by atoms with Gasteiger partial charge in [0.1, 0.15) is 0 Å². The number of anilines is 1. The number of nitrogens with one attached hydrogen (secondary N) is 1. The summed E-state index contributed by atoms with van der Waals surface area (Å²) in [5, 5.41) is 6.46. The van der Waals surface area contributed by atoms with Gasteiger partial charge in [-0.05, 0) is 25.1 Å². The summed E-state index contributed by atoms with van der Waals surface area (Å²) in [6.45, 7) is 2.07. The van der Waals surface area contributed by atoms with Gasteiger partial charge in [-0.25, -0.2) is 4.98 Å². The Morgan fingerprint density at radius 1 is 1.21 bits per heavy atom. The number of aromatic nitrogens is 2. The van der Waals surface area contributed by atoms with E-state index in [1.54, 1.807) is 11.3 Å². The van der Waals surface area contributed by atoms with Crippen LogP contribution in [-0.2, 0) is 7.05 Å². The molecule has 24 heavy (non-hydrogen) atoms. The summed E-state index contributed by atoms with van der Waals surface area (Å²) in [7, 11) is 1.94. The summed E-state index contributed by atoms with van der Waals surface area (Å²) in [5.74, 6) is -0.130. The van der Waals surface area contributed by atoms with Crippen LogP contribution in [0.4, 0.5) is 5.13 Å². The first-order valence-electron chi connectivity index (χ1n) is 7.49. The minimum absolute atomic E-state index is 0.130. The van der Waals surface area contributed by atoms with Crippen LogP contribution in [0, 0.1) is 6.92 Å². The third-order valence-electron chi connectivity index (χ3n) is 3.86. The highest BCUT2D eigenvalue weighted by Crippen LogP contribution is 2.31. The number of hydrogen-bond acceptors (Lipinski definition) is 4. The van der Waals surface area contributed by atoms with Gasteiger partial charge in [0.25, 0.3) is 5.91 Å². The van der Waals surface area contributed by atoms with Gasteiger partial charge in [-0.1, -0.05) is 18.2 Å². The fraction of sp³-hybridized carbons (Fsp3) is 0.111. The Hall–Kier alpha value is -2.44. The second kappa shape index (κ2) is 5.89. The average Bonchev–Trinajstić information content (AvgIpc) is 3.27. The van der Waals surface area contributed by atoms with Crippen LogP contribution in [0.1, 0.15) is 15.2 Å². The molecule has 1 N–H and O–H groups in total. The van der Waals surface area contributed by atoms with E-state index in [-0.39, 0.29) is 5.91 Å². The van der Waals surface area contributed by atoms with Gasteiger partial charge in [-0.2, -0.15) is 0 Å². The molecular weight excluding hydrogens is 338 g/mol.